The lowest BCUT2D eigenvalue weighted by Gasteiger charge is -2.48. The molecule has 1 aliphatic heterocycles. The number of thiol groups is 1. The summed E-state index contributed by atoms with van der Waals surface area (Å²) in [5.74, 6) is 3.35. The lowest BCUT2D eigenvalue weighted by Crippen LogP contribution is -2.50. The molecule has 1 nitrogen and oxygen atoms in total. The Morgan fingerprint density at radius 3 is 2.39 bits per heavy atom. The van der Waals surface area contributed by atoms with E-state index in [0.29, 0.717) is 5.92 Å². The molecule has 1 spiro atoms. The summed E-state index contributed by atoms with van der Waals surface area (Å²) in [4.78, 5) is 0. The zero-order valence-corrected chi connectivity index (χ0v) is 13.4. The van der Waals surface area contributed by atoms with E-state index in [4.69, 9.17) is 4.74 Å². The molecule has 4 atom stereocenters. The minimum atomic E-state index is 0.118. The van der Waals surface area contributed by atoms with Crippen LogP contribution in [0.5, 0.6) is 0 Å². The highest BCUT2D eigenvalue weighted by atomic mass is 32.1. The summed E-state index contributed by atoms with van der Waals surface area (Å²) in [6, 6.07) is 0. The molecule has 0 aromatic rings. The Hall–Kier alpha value is 0.310. The Bertz CT molecular complexity index is 281. The van der Waals surface area contributed by atoms with Crippen LogP contribution in [0.3, 0.4) is 0 Å². The third-order valence-corrected chi connectivity index (χ3v) is 6.01. The van der Waals surface area contributed by atoms with E-state index >= 15 is 0 Å². The predicted molar refractivity (Wildman–Crippen MR) is 81.3 cm³/mol. The van der Waals surface area contributed by atoms with Crippen molar-refractivity contribution >= 4 is 12.6 Å². The molecular weight excluding hydrogens is 240 g/mol. The molecule has 0 aromatic carbocycles. The normalized spacial score (nSPS) is 44.8. The van der Waals surface area contributed by atoms with E-state index in [1.165, 1.54) is 38.5 Å². The maximum Gasteiger partial charge on any atom is 0.0757 e. The molecule has 18 heavy (non-hydrogen) atoms. The van der Waals surface area contributed by atoms with Gasteiger partial charge in [-0.2, -0.15) is 12.6 Å². The fraction of sp³-hybridized carbons (Fsp3) is 1.00. The largest absolute Gasteiger partial charge is 0.368 e. The first kappa shape index (κ1) is 14.7. The zero-order chi connectivity index (χ0) is 13.4. The first-order chi connectivity index (χ1) is 8.58. The van der Waals surface area contributed by atoms with Crippen LogP contribution in [0.1, 0.15) is 66.2 Å². The van der Waals surface area contributed by atoms with Gasteiger partial charge in [-0.15, -0.1) is 0 Å². The lowest BCUT2D eigenvalue weighted by molar-refractivity contribution is -0.155. The molecule has 0 radical (unpaired) electrons. The summed E-state index contributed by atoms with van der Waals surface area (Å²) in [5.41, 5.74) is 0.333. The van der Waals surface area contributed by atoms with Gasteiger partial charge in [0.2, 0.25) is 0 Å². The average molecular weight is 270 g/mol. The summed E-state index contributed by atoms with van der Waals surface area (Å²) in [6.45, 7) is 8.61. The molecule has 2 aliphatic carbocycles. The van der Waals surface area contributed by atoms with Crippen molar-refractivity contribution in [2.24, 2.45) is 17.8 Å². The van der Waals surface area contributed by atoms with E-state index in [1.807, 2.05) is 13.8 Å². The molecule has 1 heterocycles. The molecule has 3 fully saturated rings. The number of ether oxygens (including phenoxy) is 1. The summed E-state index contributed by atoms with van der Waals surface area (Å²) in [7, 11) is 0. The average Bonchev–Trinajstić information content (AvgIpc) is 2.58. The van der Waals surface area contributed by atoms with Crippen molar-refractivity contribution in [2.75, 3.05) is 5.75 Å². The number of hydrogen-bond acceptors (Lipinski definition) is 2. The van der Waals surface area contributed by atoms with Gasteiger partial charge in [-0.1, -0.05) is 20.3 Å². The fourth-order valence-corrected chi connectivity index (χ4v) is 5.16. The van der Waals surface area contributed by atoms with Gasteiger partial charge >= 0.3 is 0 Å². The minimum absolute atomic E-state index is 0.118. The lowest BCUT2D eigenvalue weighted by atomic mass is 9.61. The van der Waals surface area contributed by atoms with E-state index in [2.05, 4.69) is 26.5 Å². The number of rotatable bonds is 1. The van der Waals surface area contributed by atoms with Crippen LogP contribution in [-0.2, 0) is 4.74 Å². The van der Waals surface area contributed by atoms with E-state index in [1.54, 1.807) is 0 Å². The van der Waals surface area contributed by atoms with Crippen molar-refractivity contribution in [3.8, 4) is 0 Å². The molecule has 2 saturated carbocycles. The Labute approximate surface area is 118 Å². The highest BCUT2D eigenvalue weighted by Crippen LogP contribution is 2.60. The van der Waals surface area contributed by atoms with Crippen LogP contribution in [0.4, 0.5) is 0 Å². The van der Waals surface area contributed by atoms with Crippen LogP contribution in [-0.4, -0.2) is 17.0 Å². The van der Waals surface area contributed by atoms with Gasteiger partial charge in [0.05, 0.1) is 11.2 Å². The van der Waals surface area contributed by atoms with E-state index < -0.39 is 0 Å². The molecule has 2 bridgehead atoms. The van der Waals surface area contributed by atoms with Gasteiger partial charge < -0.3 is 4.74 Å². The van der Waals surface area contributed by atoms with Gasteiger partial charge in [-0.25, -0.2) is 0 Å². The van der Waals surface area contributed by atoms with E-state index in [0.717, 1.165) is 17.6 Å². The summed E-state index contributed by atoms with van der Waals surface area (Å²) in [6.07, 6.45) is 8.23. The third-order valence-electron chi connectivity index (χ3n) is 5.57. The fourth-order valence-electron chi connectivity index (χ4n) is 4.66. The molecule has 4 unspecified atom stereocenters. The molecule has 3 aliphatic rings. The second kappa shape index (κ2) is 5.36. The minimum Gasteiger partial charge on any atom is -0.368 e. The summed E-state index contributed by atoms with van der Waals surface area (Å²) >= 11 is 4.58. The summed E-state index contributed by atoms with van der Waals surface area (Å²) < 4.78 is 6.62. The zero-order valence-electron chi connectivity index (χ0n) is 12.5. The number of fused-ring (bicyclic) bond motifs is 1. The predicted octanol–water partition coefficient (Wildman–Crippen LogP) is 4.71. The van der Waals surface area contributed by atoms with Crippen molar-refractivity contribution in [1.29, 1.82) is 0 Å². The molecule has 0 aromatic heterocycles. The summed E-state index contributed by atoms with van der Waals surface area (Å²) in [5, 5.41) is 0. The third kappa shape index (κ3) is 2.14. The smallest absolute Gasteiger partial charge is 0.0757 e. The maximum absolute atomic E-state index is 6.62. The number of hydrogen-bond donors (Lipinski definition) is 1. The SMILES string of the molecule is CC.CC1(C)OC23CC1CCC2CCCC3CS. The second-order valence-corrected chi connectivity index (χ2v) is 7.01. The Morgan fingerprint density at radius 2 is 1.72 bits per heavy atom. The van der Waals surface area contributed by atoms with Crippen molar-refractivity contribution in [3.63, 3.8) is 0 Å². The van der Waals surface area contributed by atoms with Crippen molar-refractivity contribution < 1.29 is 4.74 Å². The molecule has 106 valence electrons. The van der Waals surface area contributed by atoms with E-state index in [-0.39, 0.29) is 11.2 Å². The van der Waals surface area contributed by atoms with Crippen molar-refractivity contribution in [3.05, 3.63) is 0 Å². The molecule has 3 rings (SSSR count). The first-order valence-corrected chi connectivity index (χ1v) is 8.53. The van der Waals surface area contributed by atoms with Crippen LogP contribution < -0.4 is 0 Å². The highest BCUT2D eigenvalue weighted by Gasteiger charge is 2.60. The van der Waals surface area contributed by atoms with Gasteiger partial charge in [0.1, 0.15) is 0 Å². The van der Waals surface area contributed by atoms with Crippen LogP contribution in [0.2, 0.25) is 0 Å². The Kier molecular flexibility index (Phi) is 4.38. The molecule has 0 N–H and O–H groups in total. The van der Waals surface area contributed by atoms with Crippen LogP contribution in [0.25, 0.3) is 0 Å². The second-order valence-electron chi connectivity index (χ2n) is 6.65. The molecule has 0 amide bonds. The van der Waals surface area contributed by atoms with Gasteiger partial charge in [0.15, 0.2) is 0 Å². The van der Waals surface area contributed by atoms with Crippen LogP contribution >= 0.6 is 12.6 Å². The molecular formula is C16H30OS. The van der Waals surface area contributed by atoms with Crippen molar-refractivity contribution in [2.45, 2.75) is 77.4 Å². The standard InChI is InChI=1S/C14H24OS.C2H6/c1-13(2)11-7-6-10-4-3-5-12(9-16)14(10,8-11)15-13;1-2/h10-12,16H,3-9H2,1-2H3;1-2H3. The first-order valence-electron chi connectivity index (χ1n) is 7.89. The molecule has 2 heteroatoms. The van der Waals surface area contributed by atoms with Crippen LogP contribution in [0, 0.1) is 17.8 Å². The van der Waals surface area contributed by atoms with Gasteiger partial charge in [0.25, 0.3) is 0 Å². The quantitative estimate of drug-likeness (QED) is 0.679. The highest BCUT2D eigenvalue weighted by molar-refractivity contribution is 7.80. The topological polar surface area (TPSA) is 9.23 Å². The van der Waals surface area contributed by atoms with Gasteiger partial charge in [0, 0.05) is 0 Å². The van der Waals surface area contributed by atoms with E-state index in [9.17, 15) is 0 Å². The Balaban J connectivity index is 0.000000574. The van der Waals surface area contributed by atoms with Crippen LogP contribution in [0.15, 0.2) is 0 Å². The van der Waals surface area contributed by atoms with Crippen molar-refractivity contribution in [1.82, 2.24) is 0 Å². The Morgan fingerprint density at radius 1 is 1.06 bits per heavy atom. The molecule has 1 saturated heterocycles. The van der Waals surface area contributed by atoms with Gasteiger partial charge in [-0.3, -0.25) is 0 Å². The monoisotopic (exact) mass is 270 g/mol. The van der Waals surface area contributed by atoms with Gasteiger partial charge in [-0.05, 0) is 69.5 Å². The maximum atomic E-state index is 6.62.